The van der Waals surface area contributed by atoms with Gasteiger partial charge in [-0.1, -0.05) is 38.3 Å². The lowest BCUT2D eigenvalue weighted by Gasteiger charge is -2.31. The van der Waals surface area contributed by atoms with Gasteiger partial charge in [-0.3, -0.25) is 9.59 Å². The van der Waals surface area contributed by atoms with Crippen molar-refractivity contribution in [2.45, 2.75) is 76.6 Å². The van der Waals surface area contributed by atoms with Gasteiger partial charge in [0.2, 0.25) is 5.91 Å². The molecule has 1 aliphatic carbocycles. The second-order valence-electron chi connectivity index (χ2n) is 9.25. The predicted molar refractivity (Wildman–Crippen MR) is 146 cm³/mol. The van der Waals surface area contributed by atoms with Gasteiger partial charge >= 0.3 is 14.5 Å². The summed E-state index contributed by atoms with van der Waals surface area (Å²) in [5.74, 6) is 2.07. The van der Waals surface area contributed by atoms with Gasteiger partial charge < -0.3 is 18.9 Å². The van der Waals surface area contributed by atoms with Gasteiger partial charge in [-0.05, 0) is 45.2 Å². The van der Waals surface area contributed by atoms with Crippen LogP contribution in [0.2, 0.25) is 12.1 Å². The highest BCUT2D eigenvalue weighted by Crippen LogP contribution is 2.32. The van der Waals surface area contributed by atoms with E-state index in [0.29, 0.717) is 31.6 Å². The van der Waals surface area contributed by atoms with Crippen molar-refractivity contribution in [2.24, 2.45) is 11.8 Å². The minimum absolute atomic E-state index is 0.00655. The highest BCUT2D eigenvalue weighted by Gasteiger charge is 2.38. The van der Waals surface area contributed by atoms with Crippen molar-refractivity contribution in [3.05, 3.63) is 12.2 Å². The minimum Gasteiger partial charge on any atom is -0.464 e. The zero-order valence-corrected chi connectivity index (χ0v) is 24.0. The minimum atomic E-state index is -2.21. The Morgan fingerprint density at radius 3 is 2.44 bits per heavy atom. The van der Waals surface area contributed by atoms with Crippen molar-refractivity contribution >= 4 is 44.0 Å². The van der Waals surface area contributed by atoms with Crippen LogP contribution in [0, 0.1) is 11.8 Å². The lowest BCUT2D eigenvalue weighted by Crippen LogP contribution is -2.44. The largest absolute Gasteiger partial charge is 0.464 e. The van der Waals surface area contributed by atoms with Gasteiger partial charge in [-0.15, -0.1) is 11.8 Å². The summed E-state index contributed by atoms with van der Waals surface area (Å²) in [7, 11) is -2.21. The molecule has 1 heterocycles. The fraction of sp³-hybridized carbons (Fsp3) is 0.840. The SMILES string of the molecule is C=C1CSCC(COC(=O)C2CCCCC2C(=O)NCCC[Si](CCC)(OCC)OCC)SC1. The van der Waals surface area contributed by atoms with Gasteiger partial charge in [0, 0.05) is 42.3 Å². The van der Waals surface area contributed by atoms with E-state index in [2.05, 4.69) is 18.8 Å². The predicted octanol–water partition coefficient (Wildman–Crippen LogP) is 5.17. The number of carbonyl (C=O) groups is 2. The standard InChI is InChI=1S/C25H45NO5S2Si/c1-5-14-34(30-6-2,31-7-3)15-10-13-26-24(27)22-11-8-9-12-23(22)25(28)29-16-21-19-32-17-20(4)18-33-21/h21-23H,4-19H2,1-3H3,(H,26,27). The summed E-state index contributed by atoms with van der Waals surface area (Å²) in [6, 6.07) is 1.85. The summed E-state index contributed by atoms with van der Waals surface area (Å²) in [6.07, 6.45) is 5.33. The van der Waals surface area contributed by atoms with Gasteiger partial charge in [0.1, 0.15) is 6.61 Å². The van der Waals surface area contributed by atoms with E-state index in [1.807, 2.05) is 37.4 Å². The van der Waals surface area contributed by atoms with Crippen LogP contribution >= 0.6 is 23.5 Å². The van der Waals surface area contributed by atoms with Crippen LogP contribution in [0.5, 0.6) is 0 Å². The van der Waals surface area contributed by atoms with Crippen LogP contribution in [0.4, 0.5) is 0 Å². The van der Waals surface area contributed by atoms with Crippen LogP contribution in [0.3, 0.4) is 0 Å². The molecular formula is C25H45NO5S2Si. The van der Waals surface area contributed by atoms with E-state index in [9.17, 15) is 9.59 Å². The number of carbonyl (C=O) groups excluding carboxylic acids is 2. The first kappa shape index (κ1) is 29.7. The van der Waals surface area contributed by atoms with Crippen LogP contribution in [-0.4, -0.2) is 69.3 Å². The van der Waals surface area contributed by atoms with E-state index in [1.165, 1.54) is 5.57 Å². The van der Waals surface area contributed by atoms with Crippen molar-refractivity contribution in [1.29, 1.82) is 0 Å². The van der Waals surface area contributed by atoms with Crippen LogP contribution in [0.25, 0.3) is 0 Å². The third kappa shape index (κ3) is 9.88. The number of amides is 1. The Kier molecular flexibility index (Phi) is 14.3. The van der Waals surface area contributed by atoms with E-state index in [0.717, 1.165) is 67.9 Å². The number of hydrogen-bond acceptors (Lipinski definition) is 7. The summed E-state index contributed by atoms with van der Waals surface area (Å²) in [5, 5.41) is 3.40. The topological polar surface area (TPSA) is 73.9 Å². The molecule has 0 aromatic rings. The molecule has 1 saturated carbocycles. The monoisotopic (exact) mass is 531 g/mol. The lowest BCUT2D eigenvalue weighted by atomic mass is 9.78. The first-order valence-electron chi connectivity index (χ1n) is 13.0. The van der Waals surface area contributed by atoms with Gasteiger partial charge in [-0.2, -0.15) is 11.8 Å². The van der Waals surface area contributed by atoms with E-state index >= 15 is 0 Å². The molecule has 0 radical (unpaired) electrons. The van der Waals surface area contributed by atoms with Crippen LogP contribution in [0.15, 0.2) is 12.2 Å². The van der Waals surface area contributed by atoms with Crippen LogP contribution < -0.4 is 5.32 Å². The molecule has 1 saturated heterocycles. The molecule has 2 rings (SSSR count). The Labute approximate surface area is 216 Å². The molecule has 2 fully saturated rings. The van der Waals surface area contributed by atoms with Gasteiger partial charge in [-0.25, -0.2) is 0 Å². The first-order valence-corrected chi connectivity index (χ1v) is 17.5. The first-order chi connectivity index (χ1) is 16.4. The van der Waals surface area contributed by atoms with Gasteiger partial charge in [0.15, 0.2) is 0 Å². The molecule has 6 nitrogen and oxygen atoms in total. The Balaban J connectivity index is 1.82. The Bertz CT molecular complexity index is 634. The molecule has 0 aromatic heterocycles. The molecule has 34 heavy (non-hydrogen) atoms. The quantitative estimate of drug-likeness (QED) is 0.143. The van der Waals surface area contributed by atoms with Crippen molar-refractivity contribution in [2.75, 3.05) is 43.6 Å². The van der Waals surface area contributed by atoms with Crippen molar-refractivity contribution < 1.29 is 23.2 Å². The average Bonchev–Trinajstić information content (AvgIpc) is 3.04. The van der Waals surface area contributed by atoms with Gasteiger partial charge in [0.25, 0.3) is 0 Å². The number of rotatable bonds is 14. The number of ether oxygens (including phenoxy) is 1. The average molecular weight is 532 g/mol. The van der Waals surface area contributed by atoms with Crippen molar-refractivity contribution in [3.63, 3.8) is 0 Å². The summed E-state index contributed by atoms with van der Waals surface area (Å²) < 4.78 is 17.9. The Hall–Kier alpha value is -0.483. The Morgan fingerprint density at radius 2 is 1.76 bits per heavy atom. The summed E-state index contributed by atoms with van der Waals surface area (Å²) in [6.45, 7) is 12.6. The van der Waals surface area contributed by atoms with E-state index < -0.39 is 8.56 Å². The Morgan fingerprint density at radius 1 is 1.06 bits per heavy atom. The third-order valence-electron chi connectivity index (χ3n) is 6.43. The molecular weight excluding hydrogens is 486 g/mol. The molecule has 0 aromatic carbocycles. The molecule has 1 aliphatic heterocycles. The maximum absolute atomic E-state index is 13.0. The number of nitrogens with one attached hydrogen (secondary N) is 1. The molecule has 1 amide bonds. The van der Waals surface area contributed by atoms with E-state index in [-0.39, 0.29) is 23.7 Å². The van der Waals surface area contributed by atoms with E-state index in [4.69, 9.17) is 13.6 Å². The summed E-state index contributed by atoms with van der Waals surface area (Å²) in [4.78, 5) is 25.9. The fourth-order valence-corrected chi connectivity index (χ4v) is 10.7. The third-order valence-corrected chi connectivity index (χ3v) is 13.2. The zero-order chi connectivity index (χ0) is 24.8. The molecule has 3 atom stereocenters. The van der Waals surface area contributed by atoms with Gasteiger partial charge in [0.05, 0.1) is 11.8 Å². The molecule has 1 N–H and O–H groups in total. The maximum atomic E-state index is 13.0. The normalized spacial score (nSPS) is 23.9. The van der Waals surface area contributed by atoms with E-state index in [1.54, 1.807) is 0 Å². The second-order valence-corrected chi connectivity index (χ2v) is 15.0. The molecule has 9 heteroatoms. The highest BCUT2D eigenvalue weighted by molar-refractivity contribution is 8.04. The molecule has 0 spiro atoms. The summed E-state index contributed by atoms with van der Waals surface area (Å²) in [5.41, 5.74) is 1.24. The highest BCUT2D eigenvalue weighted by atomic mass is 32.2. The molecule has 3 unspecified atom stereocenters. The molecule has 0 bridgehead atoms. The number of esters is 1. The molecule has 2 aliphatic rings. The number of hydrogen-bond donors (Lipinski definition) is 1. The van der Waals surface area contributed by atoms with Crippen molar-refractivity contribution in [1.82, 2.24) is 5.32 Å². The lowest BCUT2D eigenvalue weighted by molar-refractivity contribution is -0.154. The number of thioether (sulfide) groups is 2. The van der Waals surface area contributed by atoms with Crippen LogP contribution in [0.1, 0.15) is 59.3 Å². The second kappa shape index (κ2) is 16.3. The zero-order valence-electron chi connectivity index (χ0n) is 21.4. The maximum Gasteiger partial charge on any atom is 0.338 e. The fourth-order valence-electron chi connectivity index (χ4n) is 4.83. The summed E-state index contributed by atoms with van der Waals surface area (Å²) >= 11 is 3.68. The smallest absolute Gasteiger partial charge is 0.338 e. The molecule has 196 valence electrons. The van der Waals surface area contributed by atoms with Crippen LogP contribution in [-0.2, 0) is 23.2 Å². The van der Waals surface area contributed by atoms with Crippen molar-refractivity contribution in [3.8, 4) is 0 Å².